The van der Waals surface area contributed by atoms with E-state index in [0.29, 0.717) is 11.4 Å². The van der Waals surface area contributed by atoms with Crippen LogP contribution in [-0.2, 0) is 37.3 Å². The van der Waals surface area contributed by atoms with Gasteiger partial charge in [-0.25, -0.2) is 16.8 Å². The first-order valence-electron chi connectivity index (χ1n) is 9.26. The quantitative estimate of drug-likeness (QED) is 0.113. The number of hydrogen-bond donors (Lipinski definition) is 6. The van der Waals surface area contributed by atoms with E-state index in [1.165, 1.54) is 48.5 Å². The molecule has 0 spiro atoms. The van der Waals surface area contributed by atoms with Crippen LogP contribution in [0, 0.1) is 0 Å². The summed E-state index contributed by atoms with van der Waals surface area (Å²) in [5, 5.41) is 0. The maximum atomic E-state index is 10.3. The van der Waals surface area contributed by atoms with Crippen LogP contribution in [0.15, 0.2) is 58.3 Å². The third-order valence-electron chi connectivity index (χ3n) is 3.15. The van der Waals surface area contributed by atoms with E-state index in [4.69, 9.17) is 34.4 Å². The standard InChI is InChI=1S/2C6H7NO3S.2C3H10N2.Cu.2H2O/c2*7-5-1-3-6(4-2-5)11(8,9)10;2*4-2-1-3-5;;;/h2*1-4H,7H2,(H,8,9,10);2*1-5H2;;2*1H2/q;;;;+2;;/p-2. The van der Waals surface area contributed by atoms with Crippen LogP contribution in [-0.4, -0.2) is 63.1 Å². The Bertz CT molecular complexity index is 864. The van der Waals surface area contributed by atoms with Gasteiger partial charge in [0.1, 0.15) is 20.2 Å². The number of nitrogens with two attached hydrogens (primary N) is 6. The third-order valence-corrected chi connectivity index (χ3v) is 4.85. The number of benzene rings is 2. The van der Waals surface area contributed by atoms with Gasteiger partial charge in [0, 0.05) is 11.4 Å². The van der Waals surface area contributed by atoms with Crippen molar-refractivity contribution in [1.29, 1.82) is 0 Å². The van der Waals surface area contributed by atoms with Gasteiger partial charge in [0.25, 0.3) is 0 Å². The molecule has 0 saturated carbocycles. The van der Waals surface area contributed by atoms with Gasteiger partial charge in [0.05, 0.1) is 9.79 Å². The van der Waals surface area contributed by atoms with Crippen molar-refractivity contribution in [2.75, 3.05) is 37.6 Å². The Hall–Kier alpha value is -1.86. The van der Waals surface area contributed by atoms with Crippen LogP contribution >= 0.6 is 0 Å². The van der Waals surface area contributed by atoms with E-state index in [1.54, 1.807) is 0 Å². The molecule has 2 aromatic carbocycles. The van der Waals surface area contributed by atoms with Gasteiger partial charge < -0.3 is 54.5 Å². The Kier molecular flexibility index (Phi) is 29.5. The summed E-state index contributed by atoms with van der Waals surface area (Å²) in [6.45, 7) is 2.88. The maximum Gasteiger partial charge on any atom is 2.00 e. The molecule has 0 fully saturated rings. The van der Waals surface area contributed by atoms with Gasteiger partial charge in [-0.15, -0.1) is 0 Å². The zero-order valence-electron chi connectivity index (χ0n) is 18.9. The van der Waals surface area contributed by atoms with Gasteiger partial charge in [-0.2, -0.15) is 0 Å². The molecule has 0 atom stereocenters. The summed E-state index contributed by atoms with van der Waals surface area (Å²) < 4.78 is 62.1. The van der Waals surface area contributed by atoms with Crippen molar-refractivity contribution >= 4 is 31.6 Å². The molecule has 0 bridgehead atoms. The average molecular weight is 592 g/mol. The topological polar surface area (TPSA) is 334 Å². The van der Waals surface area contributed by atoms with E-state index in [0.717, 1.165) is 39.0 Å². The number of nitrogen functional groups attached to an aromatic ring is 2. The van der Waals surface area contributed by atoms with Crippen molar-refractivity contribution in [3.8, 4) is 0 Å². The summed E-state index contributed by atoms with van der Waals surface area (Å²) in [6, 6.07) is 10.2. The Morgan fingerprint density at radius 1 is 0.543 bits per heavy atom. The summed E-state index contributed by atoms with van der Waals surface area (Å²) in [5.74, 6) is 0. The monoisotopic (exact) mass is 591 g/mol. The summed E-state index contributed by atoms with van der Waals surface area (Å²) in [5.41, 5.74) is 31.6. The van der Waals surface area contributed by atoms with Crippen LogP contribution < -0.4 is 34.4 Å². The second-order valence-corrected chi connectivity index (χ2v) is 8.67. The molecule has 35 heavy (non-hydrogen) atoms. The largest absolute Gasteiger partial charge is 2.00 e. The van der Waals surface area contributed by atoms with Crippen molar-refractivity contribution < 1.29 is 54.0 Å². The molecule has 17 heteroatoms. The molecule has 1 radical (unpaired) electrons. The molecule has 2 aromatic rings. The summed E-state index contributed by atoms with van der Waals surface area (Å²) >= 11 is 0. The molecule has 0 amide bonds. The van der Waals surface area contributed by atoms with Crippen molar-refractivity contribution in [3.63, 3.8) is 0 Å². The smallest absolute Gasteiger partial charge is 0.744 e. The van der Waals surface area contributed by atoms with Gasteiger partial charge in [0.2, 0.25) is 0 Å². The third kappa shape index (κ3) is 25.0. The van der Waals surface area contributed by atoms with E-state index >= 15 is 0 Å². The fraction of sp³-hybridized carbons (Fsp3) is 0.333. The fourth-order valence-corrected chi connectivity index (χ4v) is 2.44. The van der Waals surface area contributed by atoms with Crippen molar-refractivity contribution in [3.05, 3.63) is 48.5 Å². The maximum absolute atomic E-state index is 10.3. The Balaban J connectivity index is -0.000000118. The second kappa shape index (κ2) is 23.9. The minimum absolute atomic E-state index is 0. The molecular weight excluding hydrogens is 556 g/mol. The molecule has 0 aromatic heterocycles. The van der Waals surface area contributed by atoms with E-state index in [1.807, 2.05) is 0 Å². The van der Waals surface area contributed by atoms with Crippen molar-refractivity contribution in [2.45, 2.75) is 22.6 Å². The Morgan fingerprint density at radius 3 is 0.857 bits per heavy atom. The fourth-order valence-electron chi connectivity index (χ4n) is 1.50. The normalized spacial score (nSPS) is 9.54. The molecule has 0 heterocycles. The molecular formula is C18H36CuN6O8S2. The number of anilines is 2. The van der Waals surface area contributed by atoms with Crippen LogP contribution in [0.4, 0.5) is 11.4 Å². The first kappa shape index (κ1) is 43.2. The van der Waals surface area contributed by atoms with Crippen LogP contribution in [0.3, 0.4) is 0 Å². The molecule has 0 aliphatic carbocycles. The zero-order valence-corrected chi connectivity index (χ0v) is 21.5. The average Bonchev–Trinajstić information content (AvgIpc) is 2.70. The van der Waals surface area contributed by atoms with E-state index in [9.17, 15) is 25.9 Å². The number of rotatable bonds is 6. The van der Waals surface area contributed by atoms with Crippen LogP contribution in [0.5, 0.6) is 0 Å². The van der Waals surface area contributed by atoms with Crippen LogP contribution in [0.25, 0.3) is 0 Å². The molecule has 16 N–H and O–H groups in total. The number of hydrogen-bond acceptors (Lipinski definition) is 12. The van der Waals surface area contributed by atoms with Crippen LogP contribution in [0.1, 0.15) is 12.8 Å². The molecule has 0 aliphatic rings. The van der Waals surface area contributed by atoms with Gasteiger partial charge in [0.15, 0.2) is 0 Å². The van der Waals surface area contributed by atoms with Gasteiger partial charge in [-0.1, -0.05) is 0 Å². The summed E-state index contributed by atoms with van der Waals surface area (Å²) in [4.78, 5) is -0.515. The van der Waals surface area contributed by atoms with Gasteiger partial charge >= 0.3 is 17.1 Å². The molecule has 0 unspecified atom stereocenters. The molecule has 14 nitrogen and oxygen atoms in total. The molecule has 0 saturated heterocycles. The Labute approximate surface area is 217 Å². The predicted octanol–water partition coefficient (Wildman–Crippen LogP) is -2.72. The van der Waals surface area contributed by atoms with Gasteiger partial charge in [-0.3, -0.25) is 0 Å². The molecule has 209 valence electrons. The Morgan fingerprint density at radius 2 is 0.743 bits per heavy atom. The van der Waals surface area contributed by atoms with E-state index in [2.05, 4.69) is 0 Å². The molecule has 2 rings (SSSR count). The first-order valence-corrected chi connectivity index (χ1v) is 12.1. The van der Waals surface area contributed by atoms with Gasteiger partial charge in [-0.05, 0) is 87.6 Å². The molecule has 0 aliphatic heterocycles. The van der Waals surface area contributed by atoms with E-state index < -0.39 is 20.2 Å². The van der Waals surface area contributed by atoms with E-state index in [-0.39, 0.29) is 37.8 Å². The minimum Gasteiger partial charge on any atom is -0.744 e. The summed E-state index contributed by atoms with van der Waals surface area (Å²) in [7, 11) is -8.65. The van der Waals surface area contributed by atoms with Crippen molar-refractivity contribution in [1.82, 2.24) is 0 Å². The predicted molar refractivity (Wildman–Crippen MR) is 130 cm³/mol. The summed E-state index contributed by atoms with van der Waals surface area (Å²) in [6.07, 6.45) is 1.89. The zero-order chi connectivity index (χ0) is 25.2. The second-order valence-electron chi connectivity index (χ2n) is 5.91. The first-order chi connectivity index (χ1) is 14.8. The van der Waals surface area contributed by atoms with Crippen LogP contribution in [0.2, 0.25) is 0 Å². The minimum atomic E-state index is -4.33. The van der Waals surface area contributed by atoms with Crippen molar-refractivity contribution in [2.24, 2.45) is 22.9 Å². The SMILES string of the molecule is NCCCN.NCCCN.Nc1ccc(S(=O)(=O)[O-])cc1.Nc1ccc(S(=O)(=O)[O-])cc1.O.O.[Cu+2].